The largest absolute Gasteiger partial charge is 0.497 e. The Kier molecular flexibility index (Phi) is 7.40. The predicted octanol–water partition coefficient (Wildman–Crippen LogP) is 3.49. The molecular weight excluding hydrogens is 356 g/mol. The molecule has 0 aromatic heterocycles. The molecule has 152 valence electrons. The van der Waals surface area contributed by atoms with Crippen LogP contribution in [0.15, 0.2) is 49.1 Å². The molecular formula is C22H30N2O4. The van der Waals surface area contributed by atoms with Crippen LogP contribution in [0.2, 0.25) is 0 Å². The summed E-state index contributed by atoms with van der Waals surface area (Å²) >= 11 is 0. The van der Waals surface area contributed by atoms with E-state index in [0.717, 1.165) is 11.3 Å². The van der Waals surface area contributed by atoms with Crippen LogP contribution in [0.3, 0.4) is 0 Å². The number of benzene rings is 1. The highest BCUT2D eigenvalue weighted by atomic mass is 16.6. The maximum atomic E-state index is 13.1. The maximum Gasteiger partial charge on any atom is 0.417 e. The molecule has 1 aliphatic rings. The fourth-order valence-corrected chi connectivity index (χ4v) is 3.46. The molecule has 6 heteroatoms. The van der Waals surface area contributed by atoms with Crippen LogP contribution in [0, 0.1) is 11.8 Å². The number of allylic oxidation sites excluding steroid dienone is 2. The molecule has 4 atom stereocenters. The number of carbonyl (C=O) groups is 2. The molecule has 1 fully saturated rings. The molecule has 0 radical (unpaired) electrons. The predicted molar refractivity (Wildman–Crippen MR) is 109 cm³/mol. The third-order valence-corrected chi connectivity index (χ3v) is 5.29. The Morgan fingerprint density at radius 3 is 2.50 bits per heavy atom. The lowest BCUT2D eigenvalue weighted by molar-refractivity contribution is -0.131. The number of hydrogen-bond donors (Lipinski definition) is 1. The van der Waals surface area contributed by atoms with Crippen molar-refractivity contribution in [1.29, 1.82) is 0 Å². The number of nitrogens with two attached hydrogens (primary N) is 1. The number of rotatable bonds is 8. The van der Waals surface area contributed by atoms with Gasteiger partial charge in [0.05, 0.1) is 19.2 Å². The van der Waals surface area contributed by atoms with E-state index in [0.29, 0.717) is 0 Å². The van der Waals surface area contributed by atoms with Gasteiger partial charge in [-0.2, -0.15) is 0 Å². The number of carbonyl (C=O) groups excluding carboxylic acids is 2. The van der Waals surface area contributed by atoms with Crippen molar-refractivity contribution in [3.63, 3.8) is 0 Å². The Morgan fingerprint density at radius 1 is 1.32 bits per heavy atom. The summed E-state index contributed by atoms with van der Waals surface area (Å²) in [6, 6.07) is 6.15. The van der Waals surface area contributed by atoms with Gasteiger partial charge in [-0.3, -0.25) is 4.79 Å². The normalized spacial score (nSPS) is 20.1. The molecule has 2 amide bonds. The Labute approximate surface area is 167 Å². The second-order valence-corrected chi connectivity index (χ2v) is 7.38. The number of amides is 2. The van der Waals surface area contributed by atoms with Crippen LogP contribution in [-0.4, -0.2) is 42.7 Å². The number of ether oxygens (including phenoxy) is 2. The average molecular weight is 386 g/mol. The minimum absolute atomic E-state index is 0.0445. The fourth-order valence-electron chi connectivity index (χ4n) is 3.46. The van der Waals surface area contributed by atoms with E-state index in [1.165, 1.54) is 4.90 Å². The van der Waals surface area contributed by atoms with E-state index < -0.39 is 18.0 Å². The molecule has 6 nitrogen and oxygen atoms in total. The van der Waals surface area contributed by atoms with Crippen LogP contribution < -0.4 is 10.5 Å². The zero-order valence-electron chi connectivity index (χ0n) is 17.0. The molecule has 1 heterocycles. The smallest absolute Gasteiger partial charge is 0.417 e. The fraction of sp³-hybridized carbons (Fsp3) is 0.455. The highest BCUT2D eigenvalue weighted by Crippen LogP contribution is 2.29. The molecule has 2 N–H and O–H groups in total. The Bertz CT molecular complexity index is 727. The van der Waals surface area contributed by atoms with Gasteiger partial charge in [0.1, 0.15) is 12.4 Å². The molecule has 0 aliphatic carbocycles. The van der Waals surface area contributed by atoms with Crippen LogP contribution in [0.25, 0.3) is 0 Å². The van der Waals surface area contributed by atoms with Crippen LogP contribution in [0.1, 0.15) is 32.3 Å². The van der Waals surface area contributed by atoms with Gasteiger partial charge in [-0.05, 0) is 23.6 Å². The summed E-state index contributed by atoms with van der Waals surface area (Å²) in [6.45, 7) is 9.82. The second kappa shape index (κ2) is 9.55. The minimum atomic E-state index is -0.863. The van der Waals surface area contributed by atoms with Gasteiger partial charge in [0.15, 0.2) is 0 Å². The summed E-state index contributed by atoms with van der Waals surface area (Å²) < 4.78 is 10.4. The molecule has 1 saturated heterocycles. The first-order valence-corrected chi connectivity index (χ1v) is 9.50. The van der Waals surface area contributed by atoms with Gasteiger partial charge < -0.3 is 15.2 Å². The van der Waals surface area contributed by atoms with Crippen molar-refractivity contribution in [2.24, 2.45) is 17.6 Å². The average Bonchev–Trinajstić information content (AvgIpc) is 3.07. The van der Waals surface area contributed by atoms with Gasteiger partial charge in [-0.25, -0.2) is 9.69 Å². The number of hydrogen-bond acceptors (Lipinski definition) is 5. The Morgan fingerprint density at radius 2 is 1.96 bits per heavy atom. The van der Waals surface area contributed by atoms with Crippen molar-refractivity contribution in [2.45, 2.75) is 38.8 Å². The molecule has 1 aromatic carbocycles. The molecule has 0 bridgehead atoms. The lowest BCUT2D eigenvalue weighted by atomic mass is 9.86. The number of imide groups is 1. The zero-order chi connectivity index (χ0) is 20.8. The van der Waals surface area contributed by atoms with Crippen molar-refractivity contribution in [1.82, 2.24) is 4.90 Å². The van der Waals surface area contributed by atoms with E-state index in [9.17, 15) is 9.59 Å². The molecule has 1 aromatic rings. The third-order valence-electron chi connectivity index (χ3n) is 5.29. The Balaban J connectivity index is 2.23. The van der Waals surface area contributed by atoms with Crippen LogP contribution in [-0.2, 0) is 9.53 Å². The van der Waals surface area contributed by atoms with Crippen molar-refractivity contribution in [3.05, 3.63) is 54.6 Å². The van der Waals surface area contributed by atoms with E-state index in [1.807, 2.05) is 57.2 Å². The monoisotopic (exact) mass is 386 g/mol. The zero-order valence-corrected chi connectivity index (χ0v) is 17.0. The van der Waals surface area contributed by atoms with E-state index in [1.54, 1.807) is 13.2 Å². The minimum Gasteiger partial charge on any atom is -0.497 e. The van der Waals surface area contributed by atoms with Gasteiger partial charge in [0.2, 0.25) is 5.91 Å². The van der Waals surface area contributed by atoms with E-state index in [-0.39, 0.29) is 30.4 Å². The van der Waals surface area contributed by atoms with Gasteiger partial charge in [0.25, 0.3) is 0 Å². The summed E-state index contributed by atoms with van der Waals surface area (Å²) in [7, 11) is 1.60. The summed E-state index contributed by atoms with van der Waals surface area (Å²) in [4.78, 5) is 26.7. The first-order chi connectivity index (χ1) is 13.3. The summed E-state index contributed by atoms with van der Waals surface area (Å²) in [5, 5.41) is 0. The van der Waals surface area contributed by atoms with E-state index >= 15 is 0 Å². The van der Waals surface area contributed by atoms with Gasteiger partial charge in [0, 0.05) is 11.8 Å². The first-order valence-electron chi connectivity index (χ1n) is 9.50. The standard InChI is InChI=1S/C22H30N2O4/c1-6-7-8-18(14(2)3)19-13-28-22(26)24(19)21(25)20(23)15(4)16-9-11-17(27-5)12-10-16/h6-12,14-15,18-20H,1,13,23H2,2-5H3/b8-7-/t15-,18?,19?,20-/m0/s1. The third kappa shape index (κ3) is 4.62. The summed E-state index contributed by atoms with van der Waals surface area (Å²) in [5.74, 6) is 0.202. The van der Waals surface area contributed by atoms with Crippen LogP contribution >= 0.6 is 0 Å². The number of cyclic esters (lactones) is 1. The van der Waals surface area contributed by atoms with Gasteiger partial charge in [-0.15, -0.1) is 0 Å². The molecule has 0 spiro atoms. The molecule has 2 unspecified atom stereocenters. The maximum absolute atomic E-state index is 13.1. The number of methoxy groups -OCH3 is 1. The summed E-state index contributed by atoms with van der Waals surface area (Å²) in [6.07, 6.45) is 4.83. The lowest BCUT2D eigenvalue weighted by Gasteiger charge is -2.31. The van der Waals surface area contributed by atoms with Crippen LogP contribution in [0.5, 0.6) is 5.75 Å². The summed E-state index contributed by atoms with van der Waals surface area (Å²) in [5.41, 5.74) is 7.18. The van der Waals surface area contributed by atoms with E-state index in [2.05, 4.69) is 6.58 Å². The van der Waals surface area contributed by atoms with Gasteiger partial charge in [-0.1, -0.05) is 57.7 Å². The van der Waals surface area contributed by atoms with Crippen molar-refractivity contribution in [3.8, 4) is 5.75 Å². The van der Waals surface area contributed by atoms with Crippen LogP contribution in [0.4, 0.5) is 4.79 Å². The lowest BCUT2D eigenvalue weighted by Crippen LogP contribution is -2.52. The Hall–Kier alpha value is -2.60. The topological polar surface area (TPSA) is 81.9 Å². The van der Waals surface area contributed by atoms with Crippen molar-refractivity contribution >= 4 is 12.0 Å². The SMILES string of the molecule is C=C/C=C\C(C(C)C)C1COC(=O)N1C(=O)[C@@H](N)[C@@H](C)c1ccc(OC)cc1. The number of nitrogens with zero attached hydrogens (tertiary/aromatic N) is 1. The highest BCUT2D eigenvalue weighted by molar-refractivity contribution is 5.97. The van der Waals surface area contributed by atoms with Crippen molar-refractivity contribution < 1.29 is 19.1 Å². The molecule has 2 rings (SSSR count). The van der Waals surface area contributed by atoms with Crippen molar-refractivity contribution in [2.75, 3.05) is 13.7 Å². The van der Waals surface area contributed by atoms with E-state index in [4.69, 9.17) is 15.2 Å². The first kappa shape index (κ1) is 21.7. The molecule has 28 heavy (non-hydrogen) atoms. The quantitative estimate of drug-likeness (QED) is 0.692. The highest BCUT2D eigenvalue weighted by Gasteiger charge is 2.44. The molecule has 1 aliphatic heterocycles. The second-order valence-electron chi connectivity index (χ2n) is 7.38. The van der Waals surface area contributed by atoms with Gasteiger partial charge >= 0.3 is 6.09 Å². The molecule has 0 saturated carbocycles.